The van der Waals surface area contributed by atoms with Gasteiger partial charge in [-0.3, -0.25) is 4.79 Å². The number of aryl methyl sites for hydroxylation is 2. The van der Waals surface area contributed by atoms with Crippen molar-refractivity contribution in [3.8, 4) is 0 Å². The normalized spacial score (nSPS) is 16.2. The van der Waals surface area contributed by atoms with Gasteiger partial charge in [-0.2, -0.15) is 0 Å². The summed E-state index contributed by atoms with van der Waals surface area (Å²) in [5.74, 6) is -1.13. The Labute approximate surface area is 147 Å². The van der Waals surface area contributed by atoms with Gasteiger partial charge in [-0.1, -0.05) is 12.1 Å². The number of aromatic nitrogens is 1. The van der Waals surface area contributed by atoms with Crippen LogP contribution in [0.1, 0.15) is 43.0 Å². The van der Waals surface area contributed by atoms with E-state index in [4.69, 9.17) is 5.11 Å². The van der Waals surface area contributed by atoms with E-state index in [2.05, 4.69) is 15.6 Å². The topological polar surface area (TPSA) is 91.3 Å². The molecule has 7 heteroatoms. The molecule has 0 aliphatic carbocycles. The average molecular weight is 353 g/mol. The Morgan fingerprint density at radius 2 is 1.92 bits per heavy atom. The van der Waals surface area contributed by atoms with Gasteiger partial charge in [-0.15, -0.1) is 11.3 Å². The first-order chi connectivity index (χ1) is 11.9. The number of nitrogens with zero attached hydrogens (tertiary/aromatic N) is 1. The molecule has 1 unspecified atom stereocenters. The van der Waals surface area contributed by atoms with Crippen LogP contribution in [0.15, 0.2) is 30.3 Å². The zero-order valence-corrected chi connectivity index (χ0v) is 14.4. The van der Waals surface area contributed by atoms with Crippen LogP contribution in [0.2, 0.25) is 0 Å². The molecule has 2 aromatic heterocycles. The molecule has 0 saturated carbocycles. The molecule has 1 amide bonds. The van der Waals surface area contributed by atoms with Gasteiger partial charge in [-0.05, 0) is 43.2 Å². The zero-order valence-electron chi connectivity index (χ0n) is 13.6. The van der Waals surface area contributed by atoms with Gasteiger partial charge in [-0.25, -0.2) is 9.78 Å². The van der Waals surface area contributed by atoms with E-state index < -0.39 is 12.1 Å². The van der Waals surface area contributed by atoms with Gasteiger partial charge in [0.05, 0.1) is 11.3 Å². The molecule has 25 heavy (non-hydrogen) atoms. The number of benzene rings is 1. The summed E-state index contributed by atoms with van der Waals surface area (Å²) in [5, 5.41) is 16.3. The third kappa shape index (κ3) is 2.53. The van der Waals surface area contributed by atoms with Crippen molar-refractivity contribution >= 4 is 39.1 Å². The second-order valence-electron chi connectivity index (χ2n) is 6.04. The third-order valence-corrected chi connectivity index (χ3v) is 5.33. The van der Waals surface area contributed by atoms with Crippen molar-refractivity contribution in [3.05, 3.63) is 57.6 Å². The maximum atomic E-state index is 12.5. The SMILES string of the molecule is Cc1cc(C)c2c3c(sc2n1)C(=O)NC(c1ccc(C(=O)O)cc1)N3. The lowest BCUT2D eigenvalue weighted by molar-refractivity contribution is 0.0696. The summed E-state index contributed by atoms with van der Waals surface area (Å²) < 4.78 is 0. The molecular weight excluding hydrogens is 338 g/mol. The number of rotatable bonds is 2. The lowest BCUT2D eigenvalue weighted by Crippen LogP contribution is -2.37. The maximum absolute atomic E-state index is 12.5. The number of carboxylic acids is 1. The van der Waals surface area contributed by atoms with E-state index >= 15 is 0 Å². The Morgan fingerprint density at radius 3 is 2.60 bits per heavy atom. The van der Waals surface area contributed by atoms with Gasteiger partial charge in [0.25, 0.3) is 5.91 Å². The van der Waals surface area contributed by atoms with Crippen LogP contribution in [0.4, 0.5) is 5.69 Å². The molecule has 4 rings (SSSR count). The van der Waals surface area contributed by atoms with Crippen molar-refractivity contribution in [3.63, 3.8) is 0 Å². The molecule has 126 valence electrons. The molecule has 0 bridgehead atoms. The highest BCUT2D eigenvalue weighted by Gasteiger charge is 2.29. The molecule has 0 radical (unpaired) electrons. The van der Waals surface area contributed by atoms with Crippen molar-refractivity contribution in [2.75, 3.05) is 5.32 Å². The molecule has 3 N–H and O–H groups in total. The Bertz CT molecular complexity index is 1020. The fourth-order valence-corrected chi connectivity index (χ4v) is 4.26. The monoisotopic (exact) mass is 353 g/mol. The van der Waals surface area contributed by atoms with E-state index in [9.17, 15) is 9.59 Å². The first-order valence-corrected chi connectivity index (χ1v) is 8.57. The van der Waals surface area contributed by atoms with Gasteiger partial charge >= 0.3 is 5.97 Å². The van der Waals surface area contributed by atoms with E-state index in [-0.39, 0.29) is 11.5 Å². The summed E-state index contributed by atoms with van der Waals surface area (Å²) in [7, 11) is 0. The van der Waals surface area contributed by atoms with Crippen molar-refractivity contribution in [1.82, 2.24) is 10.3 Å². The largest absolute Gasteiger partial charge is 0.478 e. The minimum atomic E-state index is -0.977. The summed E-state index contributed by atoms with van der Waals surface area (Å²) in [5.41, 5.74) is 3.79. The minimum absolute atomic E-state index is 0.152. The van der Waals surface area contributed by atoms with Crippen molar-refractivity contribution in [2.45, 2.75) is 20.0 Å². The highest BCUT2D eigenvalue weighted by molar-refractivity contribution is 7.21. The number of carbonyl (C=O) groups is 2. The third-order valence-electron chi connectivity index (χ3n) is 4.25. The van der Waals surface area contributed by atoms with E-state index in [1.54, 1.807) is 12.1 Å². The number of amides is 1. The number of anilines is 1. The summed E-state index contributed by atoms with van der Waals surface area (Å²) in [6.07, 6.45) is -0.415. The molecule has 3 heterocycles. The van der Waals surface area contributed by atoms with Crippen LogP contribution in [0.3, 0.4) is 0 Å². The molecule has 1 aromatic carbocycles. The number of hydrogen-bond acceptors (Lipinski definition) is 5. The first-order valence-electron chi connectivity index (χ1n) is 7.75. The van der Waals surface area contributed by atoms with Crippen LogP contribution < -0.4 is 10.6 Å². The summed E-state index contributed by atoms with van der Waals surface area (Å²) in [6.45, 7) is 3.94. The summed E-state index contributed by atoms with van der Waals surface area (Å²) >= 11 is 1.38. The van der Waals surface area contributed by atoms with Crippen LogP contribution in [0, 0.1) is 13.8 Å². The molecule has 0 fully saturated rings. The highest BCUT2D eigenvalue weighted by Crippen LogP contribution is 2.40. The second kappa shape index (κ2) is 5.56. The highest BCUT2D eigenvalue weighted by atomic mass is 32.1. The number of pyridine rings is 1. The van der Waals surface area contributed by atoms with Crippen LogP contribution in [0.5, 0.6) is 0 Å². The maximum Gasteiger partial charge on any atom is 0.335 e. The van der Waals surface area contributed by atoms with Crippen molar-refractivity contribution < 1.29 is 14.7 Å². The van der Waals surface area contributed by atoms with E-state index in [0.29, 0.717) is 4.88 Å². The Morgan fingerprint density at radius 1 is 1.20 bits per heavy atom. The number of thiophene rings is 1. The van der Waals surface area contributed by atoms with Crippen molar-refractivity contribution in [2.24, 2.45) is 0 Å². The van der Waals surface area contributed by atoms with Crippen molar-refractivity contribution in [1.29, 1.82) is 0 Å². The van der Waals surface area contributed by atoms with Gasteiger partial charge in [0.2, 0.25) is 0 Å². The molecule has 0 saturated heterocycles. The van der Waals surface area contributed by atoms with Crippen LogP contribution in [-0.2, 0) is 0 Å². The molecule has 0 spiro atoms. The lowest BCUT2D eigenvalue weighted by Gasteiger charge is -2.26. The average Bonchev–Trinajstić information content (AvgIpc) is 2.94. The Kier molecular flexibility index (Phi) is 3.47. The Hall–Kier alpha value is -2.93. The predicted octanol–water partition coefficient (Wildman–Crippen LogP) is 3.47. The lowest BCUT2D eigenvalue weighted by atomic mass is 10.1. The quantitative estimate of drug-likeness (QED) is 0.656. The van der Waals surface area contributed by atoms with E-state index in [1.807, 2.05) is 19.9 Å². The number of nitrogens with one attached hydrogen (secondary N) is 2. The smallest absolute Gasteiger partial charge is 0.335 e. The van der Waals surface area contributed by atoms with Crippen LogP contribution in [-0.4, -0.2) is 22.0 Å². The van der Waals surface area contributed by atoms with E-state index in [0.717, 1.165) is 32.7 Å². The molecular formula is C18H15N3O3S. The molecule has 3 aromatic rings. The number of carbonyl (C=O) groups excluding carboxylic acids is 1. The van der Waals surface area contributed by atoms with Gasteiger partial charge in [0.1, 0.15) is 15.9 Å². The van der Waals surface area contributed by atoms with E-state index in [1.165, 1.54) is 23.5 Å². The molecule has 1 atom stereocenters. The number of fused-ring (bicyclic) bond motifs is 3. The summed E-state index contributed by atoms with van der Waals surface area (Å²) in [4.78, 5) is 29.5. The molecule has 1 aliphatic rings. The second-order valence-corrected chi connectivity index (χ2v) is 7.04. The van der Waals surface area contributed by atoms with Gasteiger partial charge in [0, 0.05) is 11.1 Å². The molecule has 1 aliphatic heterocycles. The minimum Gasteiger partial charge on any atom is -0.478 e. The Balaban J connectivity index is 1.77. The first kappa shape index (κ1) is 15.6. The fourth-order valence-electron chi connectivity index (χ4n) is 3.10. The molecule has 6 nitrogen and oxygen atoms in total. The van der Waals surface area contributed by atoms with Gasteiger partial charge < -0.3 is 15.7 Å². The number of hydrogen-bond donors (Lipinski definition) is 3. The predicted molar refractivity (Wildman–Crippen MR) is 96.3 cm³/mol. The number of carboxylic acid groups (broad SMARTS) is 1. The van der Waals surface area contributed by atoms with Crippen LogP contribution >= 0.6 is 11.3 Å². The summed E-state index contributed by atoms with van der Waals surface area (Å²) in [6, 6.07) is 8.47. The zero-order chi connectivity index (χ0) is 17.7. The van der Waals surface area contributed by atoms with Gasteiger partial charge in [0.15, 0.2) is 0 Å². The standard InChI is InChI=1S/C18H15N3O3S/c1-8-7-9(2)19-17-12(8)13-14(25-17)16(22)21-15(20-13)10-3-5-11(6-4-10)18(23)24/h3-7,15,20H,1-2H3,(H,21,22)(H,23,24). The van der Waals surface area contributed by atoms with Crippen LogP contribution in [0.25, 0.3) is 10.2 Å². The fraction of sp³-hybridized carbons (Fsp3) is 0.167. The number of aromatic carboxylic acids is 1.